The highest BCUT2D eigenvalue weighted by molar-refractivity contribution is 14.1. The van der Waals surface area contributed by atoms with E-state index in [0.717, 1.165) is 9.13 Å². The summed E-state index contributed by atoms with van der Waals surface area (Å²) >= 11 is 6.23. The minimum Gasteiger partial charge on any atom is -0.506 e. The van der Waals surface area contributed by atoms with Crippen molar-refractivity contribution in [1.82, 2.24) is 0 Å². The smallest absolute Gasteiger partial charge is 0.320 e. The first-order valence-electron chi connectivity index (χ1n) is 6.40. The summed E-state index contributed by atoms with van der Waals surface area (Å²) in [7, 11) is 0. The highest BCUT2D eigenvalue weighted by Crippen LogP contribution is 2.34. The second-order valence-electron chi connectivity index (χ2n) is 4.75. The normalized spacial score (nSPS) is 12.0. The fourth-order valence-corrected chi connectivity index (χ4v) is 4.22. The van der Waals surface area contributed by atoms with Crippen LogP contribution in [0, 0.1) is 10.7 Å². The minimum atomic E-state index is -1.02. The summed E-state index contributed by atoms with van der Waals surface area (Å²) in [4.78, 5) is 10.8. The lowest BCUT2D eigenvalue weighted by atomic mass is 10.1. The van der Waals surface area contributed by atoms with Gasteiger partial charge in [0.2, 0.25) is 0 Å². The van der Waals surface area contributed by atoms with Crippen molar-refractivity contribution in [3.63, 3.8) is 0 Å². The van der Waals surface area contributed by atoms with E-state index in [2.05, 4.69) is 22.6 Å². The summed E-state index contributed by atoms with van der Waals surface area (Å²) in [6.07, 6.45) is 0.265. The summed E-state index contributed by atoms with van der Waals surface area (Å²) in [6, 6.07) is 8.03. The standard InChI is InChI=1S/C15H12I3NO4/c16-9-3-7(4-12(19)15(21)22)1-2-13(9)23-8-5-10(17)14(20)11(18)6-8/h1-3,5-6,12,20H,4,19H2,(H,21,22)/t12-/m1/s1. The van der Waals surface area contributed by atoms with Crippen molar-refractivity contribution >= 4 is 73.7 Å². The molecule has 0 amide bonds. The Morgan fingerprint density at radius 3 is 2.26 bits per heavy atom. The molecule has 0 saturated heterocycles. The predicted octanol–water partition coefficient (Wildman–Crippen LogP) is 3.95. The Morgan fingerprint density at radius 1 is 1.13 bits per heavy atom. The number of ether oxygens (including phenoxy) is 1. The zero-order valence-electron chi connectivity index (χ0n) is 11.6. The molecule has 2 rings (SSSR count). The third kappa shape index (κ3) is 5.06. The van der Waals surface area contributed by atoms with Crippen LogP contribution in [0.25, 0.3) is 0 Å². The third-order valence-electron chi connectivity index (χ3n) is 2.99. The molecular formula is C15H12I3NO4. The van der Waals surface area contributed by atoms with Gasteiger partial charge in [0.15, 0.2) is 0 Å². The Balaban J connectivity index is 2.20. The van der Waals surface area contributed by atoms with Crippen LogP contribution in [0.1, 0.15) is 5.56 Å². The molecule has 0 spiro atoms. The molecule has 1 atom stereocenters. The molecule has 5 nitrogen and oxygen atoms in total. The minimum absolute atomic E-state index is 0.242. The lowest BCUT2D eigenvalue weighted by Crippen LogP contribution is -2.32. The number of hydrogen-bond acceptors (Lipinski definition) is 4. The number of carboxylic acids is 1. The predicted molar refractivity (Wildman–Crippen MR) is 112 cm³/mol. The number of rotatable bonds is 5. The topological polar surface area (TPSA) is 92.8 Å². The van der Waals surface area contributed by atoms with E-state index in [4.69, 9.17) is 15.6 Å². The molecule has 0 aliphatic heterocycles. The number of nitrogens with two attached hydrogens (primary N) is 1. The van der Waals surface area contributed by atoms with E-state index in [1.165, 1.54) is 0 Å². The molecule has 0 bridgehead atoms. The molecule has 0 heterocycles. The van der Waals surface area contributed by atoms with Crippen LogP contribution in [0.2, 0.25) is 0 Å². The van der Waals surface area contributed by atoms with E-state index < -0.39 is 12.0 Å². The molecule has 0 saturated carbocycles. The van der Waals surface area contributed by atoms with Crippen LogP contribution >= 0.6 is 67.8 Å². The maximum Gasteiger partial charge on any atom is 0.320 e. The van der Waals surface area contributed by atoms with Crippen molar-refractivity contribution in [1.29, 1.82) is 0 Å². The van der Waals surface area contributed by atoms with E-state index in [1.807, 2.05) is 51.2 Å². The molecule has 8 heteroatoms. The quantitative estimate of drug-likeness (QED) is 0.427. The Hall–Kier alpha value is -0.340. The van der Waals surface area contributed by atoms with Gasteiger partial charge in [0.25, 0.3) is 0 Å². The summed E-state index contributed by atoms with van der Waals surface area (Å²) in [5.74, 6) is 0.514. The van der Waals surface area contributed by atoms with Crippen LogP contribution in [0.15, 0.2) is 30.3 Å². The van der Waals surface area contributed by atoms with Gasteiger partial charge in [0, 0.05) is 0 Å². The second-order valence-corrected chi connectivity index (χ2v) is 8.24. The lowest BCUT2D eigenvalue weighted by Gasteiger charge is -2.12. The van der Waals surface area contributed by atoms with E-state index in [-0.39, 0.29) is 12.2 Å². The molecule has 4 N–H and O–H groups in total. The number of phenolic OH excluding ortho intramolecular Hbond substituents is 1. The Labute approximate surface area is 174 Å². The van der Waals surface area contributed by atoms with E-state index >= 15 is 0 Å². The first-order chi connectivity index (χ1) is 10.8. The number of carbonyl (C=O) groups is 1. The van der Waals surface area contributed by atoms with Gasteiger partial charge in [-0.3, -0.25) is 4.79 Å². The first-order valence-corrected chi connectivity index (χ1v) is 9.64. The van der Waals surface area contributed by atoms with Crippen LogP contribution in [0.5, 0.6) is 17.2 Å². The Bertz CT molecular complexity index is 728. The average molecular weight is 651 g/mol. The van der Waals surface area contributed by atoms with Crippen molar-refractivity contribution in [3.8, 4) is 17.2 Å². The first kappa shape index (κ1) is 19.0. The second kappa shape index (κ2) is 8.16. The molecule has 23 heavy (non-hydrogen) atoms. The number of aliphatic carboxylic acids is 1. The van der Waals surface area contributed by atoms with Gasteiger partial charge in [-0.2, -0.15) is 0 Å². The average Bonchev–Trinajstić information content (AvgIpc) is 2.47. The molecule has 122 valence electrons. The summed E-state index contributed by atoms with van der Waals surface area (Å²) in [5, 5.41) is 18.6. The van der Waals surface area contributed by atoms with Gasteiger partial charge in [0.1, 0.15) is 23.3 Å². The molecular weight excluding hydrogens is 639 g/mol. The molecule has 2 aromatic carbocycles. The SMILES string of the molecule is N[C@H](Cc1ccc(Oc2cc(I)c(O)c(I)c2)c(I)c1)C(=O)O. The number of halogens is 3. The molecule has 0 aliphatic rings. The van der Waals surface area contributed by atoms with Gasteiger partial charge in [-0.1, -0.05) is 6.07 Å². The van der Waals surface area contributed by atoms with Crippen molar-refractivity contribution in [3.05, 3.63) is 46.6 Å². The fraction of sp³-hybridized carbons (Fsp3) is 0.133. The van der Waals surface area contributed by atoms with Gasteiger partial charge in [-0.25, -0.2) is 0 Å². The maximum atomic E-state index is 10.8. The third-order valence-corrected chi connectivity index (χ3v) is 5.47. The van der Waals surface area contributed by atoms with Crippen LogP contribution < -0.4 is 10.5 Å². The Kier molecular flexibility index (Phi) is 6.74. The zero-order chi connectivity index (χ0) is 17.1. The lowest BCUT2D eigenvalue weighted by molar-refractivity contribution is -0.138. The summed E-state index contributed by atoms with van der Waals surface area (Å²) < 4.78 is 8.14. The number of aromatic hydroxyl groups is 1. The zero-order valence-corrected chi connectivity index (χ0v) is 18.1. The van der Waals surface area contributed by atoms with E-state index in [1.54, 1.807) is 24.3 Å². The van der Waals surface area contributed by atoms with Gasteiger partial charge in [-0.05, 0) is 104 Å². The van der Waals surface area contributed by atoms with Gasteiger partial charge >= 0.3 is 5.97 Å². The Morgan fingerprint density at radius 2 is 1.74 bits per heavy atom. The van der Waals surface area contributed by atoms with Crippen LogP contribution in [-0.4, -0.2) is 22.2 Å². The highest BCUT2D eigenvalue weighted by atomic mass is 127. The van der Waals surface area contributed by atoms with Crippen molar-refractivity contribution in [2.24, 2.45) is 5.73 Å². The molecule has 0 radical (unpaired) electrons. The van der Waals surface area contributed by atoms with Crippen molar-refractivity contribution in [2.45, 2.75) is 12.5 Å². The van der Waals surface area contributed by atoms with Crippen LogP contribution in [0.3, 0.4) is 0 Å². The van der Waals surface area contributed by atoms with E-state index in [0.29, 0.717) is 18.6 Å². The number of carboxylic acid groups (broad SMARTS) is 1. The number of benzene rings is 2. The molecule has 2 aromatic rings. The van der Waals surface area contributed by atoms with Crippen LogP contribution in [-0.2, 0) is 11.2 Å². The van der Waals surface area contributed by atoms with Crippen molar-refractivity contribution in [2.75, 3.05) is 0 Å². The monoisotopic (exact) mass is 651 g/mol. The molecule has 0 aromatic heterocycles. The molecule has 0 aliphatic carbocycles. The number of hydrogen-bond donors (Lipinski definition) is 3. The molecule has 0 unspecified atom stereocenters. The highest BCUT2D eigenvalue weighted by Gasteiger charge is 2.14. The maximum absolute atomic E-state index is 10.8. The summed E-state index contributed by atoms with van der Waals surface area (Å²) in [6.45, 7) is 0. The van der Waals surface area contributed by atoms with Gasteiger partial charge < -0.3 is 20.7 Å². The number of phenols is 1. The largest absolute Gasteiger partial charge is 0.506 e. The summed E-state index contributed by atoms with van der Waals surface area (Å²) in [5.41, 5.74) is 6.39. The van der Waals surface area contributed by atoms with E-state index in [9.17, 15) is 9.90 Å². The van der Waals surface area contributed by atoms with Gasteiger partial charge in [0.05, 0.1) is 10.7 Å². The fourth-order valence-electron chi connectivity index (χ4n) is 1.82. The van der Waals surface area contributed by atoms with Gasteiger partial charge in [-0.15, -0.1) is 0 Å². The van der Waals surface area contributed by atoms with Crippen LogP contribution in [0.4, 0.5) is 0 Å². The molecule has 0 fully saturated rings. The van der Waals surface area contributed by atoms with Crippen molar-refractivity contribution < 1.29 is 19.7 Å².